The van der Waals surface area contributed by atoms with Gasteiger partial charge in [-0.15, -0.1) is 0 Å². The van der Waals surface area contributed by atoms with E-state index in [1.165, 1.54) is 23.9 Å². The highest BCUT2D eigenvalue weighted by Gasteiger charge is 2.32. The SMILES string of the molecule is Cn1ncc(N(CC(O)c2ccc(F)cc2)C2CC2)c(Cl)c1=O. The molecule has 0 bridgehead atoms. The molecule has 1 N–H and O–H groups in total. The monoisotopic (exact) mass is 337 g/mol. The van der Waals surface area contributed by atoms with Crippen molar-refractivity contribution >= 4 is 17.3 Å². The summed E-state index contributed by atoms with van der Waals surface area (Å²) in [5, 5.41) is 14.5. The molecule has 7 heteroatoms. The minimum absolute atomic E-state index is 0.0979. The van der Waals surface area contributed by atoms with Crippen molar-refractivity contribution in [3.63, 3.8) is 0 Å². The number of rotatable bonds is 5. The minimum atomic E-state index is -0.809. The van der Waals surface area contributed by atoms with Crippen molar-refractivity contribution in [3.05, 3.63) is 57.2 Å². The smallest absolute Gasteiger partial charge is 0.287 e. The normalized spacial score (nSPS) is 15.5. The average molecular weight is 338 g/mol. The lowest BCUT2D eigenvalue weighted by atomic mass is 10.1. The van der Waals surface area contributed by atoms with Crippen LogP contribution in [0.2, 0.25) is 5.02 Å². The van der Waals surface area contributed by atoms with Crippen molar-refractivity contribution < 1.29 is 9.50 Å². The Bertz CT molecular complexity index is 759. The molecule has 0 spiro atoms. The molecule has 23 heavy (non-hydrogen) atoms. The quantitative estimate of drug-likeness (QED) is 0.909. The Labute approximate surface area is 137 Å². The second-order valence-electron chi connectivity index (χ2n) is 5.72. The number of benzene rings is 1. The Morgan fingerprint density at radius 1 is 1.43 bits per heavy atom. The van der Waals surface area contributed by atoms with Gasteiger partial charge in [0.05, 0.1) is 18.0 Å². The second kappa shape index (κ2) is 6.29. The highest BCUT2D eigenvalue weighted by Crippen LogP contribution is 2.35. The van der Waals surface area contributed by atoms with Gasteiger partial charge in [-0.2, -0.15) is 5.10 Å². The number of nitrogens with zero attached hydrogens (tertiary/aromatic N) is 3. The summed E-state index contributed by atoms with van der Waals surface area (Å²) in [7, 11) is 1.53. The van der Waals surface area contributed by atoms with Crippen LogP contribution in [0.25, 0.3) is 0 Å². The van der Waals surface area contributed by atoms with E-state index in [0.717, 1.165) is 12.8 Å². The van der Waals surface area contributed by atoms with E-state index in [4.69, 9.17) is 11.6 Å². The molecule has 1 unspecified atom stereocenters. The molecule has 0 radical (unpaired) electrons. The fraction of sp³-hybridized carbons (Fsp3) is 0.375. The molecule has 1 heterocycles. The van der Waals surface area contributed by atoms with Crippen molar-refractivity contribution in [3.8, 4) is 0 Å². The number of hydrogen-bond acceptors (Lipinski definition) is 4. The first kappa shape index (κ1) is 16.0. The zero-order chi connectivity index (χ0) is 16.6. The molecular weight excluding hydrogens is 321 g/mol. The van der Waals surface area contributed by atoms with Crippen molar-refractivity contribution in [1.29, 1.82) is 0 Å². The van der Waals surface area contributed by atoms with Crippen LogP contribution in [-0.2, 0) is 7.05 Å². The van der Waals surface area contributed by atoms with Gasteiger partial charge in [0.15, 0.2) is 0 Å². The number of halogens is 2. The van der Waals surface area contributed by atoms with E-state index in [1.807, 2.05) is 4.90 Å². The first-order chi connectivity index (χ1) is 11.0. The Balaban J connectivity index is 1.87. The van der Waals surface area contributed by atoms with Crippen LogP contribution in [0.15, 0.2) is 35.3 Å². The maximum atomic E-state index is 13.0. The van der Waals surface area contributed by atoms with Crippen LogP contribution in [0.4, 0.5) is 10.1 Å². The van der Waals surface area contributed by atoms with Crippen LogP contribution in [0.5, 0.6) is 0 Å². The summed E-state index contributed by atoms with van der Waals surface area (Å²) >= 11 is 6.17. The molecule has 1 aliphatic rings. The lowest BCUT2D eigenvalue weighted by molar-refractivity contribution is 0.182. The third-order valence-electron chi connectivity index (χ3n) is 3.98. The number of aromatic nitrogens is 2. The van der Waals surface area contributed by atoms with Gasteiger partial charge in [0.25, 0.3) is 5.56 Å². The maximum Gasteiger partial charge on any atom is 0.287 e. The summed E-state index contributed by atoms with van der Waals surface area (Å²) in [5.41, 5.74) is 0.773. The first-order valence-electron chi connectivity index (χ1n) is 7.39. The molecule has 0 amide bonds. The van der Waals surface area contributed by atoms with E-state index in [9.17, 15) is 14.3 Å². The Kier molecular flexibility index (Phi) is 4.37. The molecule has 0 aliphatic heterocycles. The fourth-order valence-electron chi connectivity index (χ4n) is 2.51. The summed E-state index contributed by atoms with van der Waals surface area (Å²) in [6, 6.07) is 5.96. The molecule has 122 valence electrons. The molecular formula is C16H17ClFN3O2. The van der Waals surface area contributed by atoms with Gasteiger partial charge in [-0.05, 0) is 30.5 Å². The van der Waals surface area contributed by atoms with E-state index in [-0.39, 0.29) is 29.0 Å². The molecule has 1 aliphatic carbocycles. The van der Waals surface area contributed by atoms with Gasteiger partial charge in [-0.3, -0.25) is 4.79 Å². The summed E-state index contributed by atoms with van der Waals surface area (Å²) < 4.78 is 14.2. The Hall–Kier alpha value is -1.92. The van der Waals surface area contributed by atoms with Gasteiger partial charge < -0.3 is 10.0 Å². The van der Waals surface area contributed by atoms with Crippen molar-refractivity contribution in [2.45, 2.75) is 25.0 Å². The van der Waals surface area contributed by atoms with Crippen molar-refractivity contribution in [1.82, 2.24) is 9.78 Å². The standard InChI is InChI=1S/C16H17ClFN3O2/c1-20-16(23)15(17)13(8-19-20)21(12-6-7-12)9-14(22)10-2-4-11(18)5-3-10/h2-5,8,12,14,22H,6-7,9H2,1H3. The predicted octanol–water partition coefficient (Wildman–Crippen LogP) is 2.28. The molecule has 1 fully saturated rings. The zero-order valence-corrected chi connectivity index (χ0v) is 13.4. The summed E-state index contributed by atoms with van der Waals surface area (Å²) in [6.45, 7) is 0.269. The number of anilines is 1. The molecule has 1 aromatic carbocycles. The van der Waals surface area contributed by atoms with Gasteiger partial charge in [-0.1, -0.05) is 23.7 Å². The highest BCUT2D eigenvalue weighted by molar-refractivity contribution is 6.33. The number of hydrogen-bond donors (Lipinski definition) is 1. The summed E-state index contributed by atoms with van der Waals surface area (Å²) in [6.07, 6.45) is 2.68. The van der Waals surface area contributed by atoms with Crippen LogP contribution in [-0.4, -0.2) is 27.5 Å². The number of aliphatic hydroxyl groups is 1. The van der Waals surface area contributed by atoms with Gasteiger partial charge in [-0.25, -0.2) is 9.07 Å². The Morgan fingerprint density at radius 2 is 2.09 bits per heavy atom. The van der Waals surface area contributed by atoms with Crippen LogP contribution in [0, 0.1) is 5.82 Å². The number of aliphatic hydroxyl groups excluding tert-OH is 1. The lowest BCUT2D eigenvalue weighted by Gasteiger charge is -2.27. The van der Waals surface area contributed by atoms with Crippen LogP contribution < -0.4 is 10.5 Å². The summed E-state index contributed by atoms with van der Waals surface area (Å²) in [5.74, 6) is -0.348. The van der Waals surface area contributed by atoms with E-state index in [0.29, 0.717) is 11.3 Å². The van der Waals surface area contributed by atoms with E-state index >= 15 is 0 Å². The third kappa shape index (κ3) is 3.38. The average Bonchev–Trinajstić information content (AvgIpc) is 3.36. The highest BCUT2D eigenvalue weighted by atomic mass is 35.5. The predicted molar refractivity (Wildman–Crippen MR) is 86.2 cm³/mol. The van der Waals surface area contributed by atoms with E-state index in [1.54, 1.807) is 18.3 Å². The third-order valence-corrected chi connectivity index (χ3v) is 4.34. The van der Waals surface area contributed by atoms with E-state index < -0.39 is 6.10 Å². The van der Waals surface area contributed by atoms with Crippen molar-refractivity contribution in [2.24, 2.45) is 7.05 Å². The molecule has 5 nitrogen and oxygen atoms in total. The largest absolute Gasteiger partial charge is 0.387 e. The molecule has 1 saturated carbocycles. The van der Waals surface area contributed by atoms with E-state index in [2.05, 4.69) is 5.10 Å². The van der Waals surface area contributed by atoms with Crippen LogP contribution in [0.3, 0.4) is 0 Å². The lowest BCUT2D eigenvalue weighted by Crippen LogP contribution is -2.33. The molecule has 2 aromatic rings. The Morgan fingerprint density at radius 3 is 2.70 bits per heavy atom. The number of aryl methyl sites for hydroxylation is 1. The first-order valence-corrected chi connectivity index (χ1v) is 7.77. The molecule has 3 rings (SSSR count). The fourth-order valence-corrected chi connectivity index (χ4v) is 2.79. The topological polar surface area (TPSA) is 58.4 Å². The van der Waals surface area contributed by atoms with Gasteiger partial charge in [0.1, 0.15) is 10.8 Å². The zero-order valence-electron chi connectivity index (χ0n) is 12.6. The minimum Gasteiger partial charge on any atom is -0.387 e. The van der Waals surface area contributed by atoms with Crippen LogP contribution in [0.1, 0.15) is 24.5 Å². The second-order valence-corrected chi connectivity index (χ2v) is 6.10. The van der Waals surface area contributed by atoms with Crippen LogP contribution >= 0.6 is 11.6 Å². The maximum absolute atomic E-state index is 13.0. The molecule has 1 atom stereocenters. The van der Waals surface area contributed by atoms with Crippen molar-refractivity contribution in [2.75, 3.05) is 11.4 Å². The van der Waals surface area contributed by atoms with Gasteiger partial charge in [0.2, 0.25) is 0 Å². The van der Waals surface area contributed by atoms with Gasteiger partial charge >= 0.3 is 0 Å². The summed E-state index contributed by atoms with van der Waals surface area (Å²) in [4.78, 5) is 13.9. The molecule has 1 aromatic heterocycles. The molecule has 0 saturated heterocycles. The van der Waals surface area contributed by atoms with Gasteiger partial charge in [0, 0.05) is 19.6 Å².